The van der Waals surface area contributed by atoms with Crippen LogP contribution in [-0.4, -0.2) is 12.0 Å². The number of aryl methyl sites for hydroxylation is 1. The van der Waals surface area contributed by atoms with Crippen LogP contribution in [-0.2, 0) is 6.42 Å². The lowest BCUT2D eigenvalue weighted by Gasteiger charge is -2.17. The van der Waals surface area contributed by atoms with Gasteiger partial charge < -0.3 is 5.32 Å². The molecule has 0 saturated carbocycles. The second-order valence-corrected chi connectivity index (χ2v) is 5.28. The highest BCUT2D eigenvalue weighted by Gasteiger charge is 2.12. The maximum Gasteiger partial charge on any atom is 0.0702 e. The Balaban J connectivity index is 2.00. The minimum absolute atomic E-state index is 0.174. The molecule has 1 atom stereocenters. The molecule has 1 heterocycles. The maximum absolute atomic E-state index is 4.57. The van der Waals surface area contributed by atoms with Gasteiger partial charge in [-0.2, -0.15) is 0 Å². The Kier molecular flexibility index (Phi) is 3.98. The van der Waals surface area contributed by atoms with Crippen LogP contribution in [0.25, 0.3) is 10.9 Å². The first-order valence-electron chi connectivity index (χ1n) is 7.42. The number of nitrogens with zero attached hydrogens (tertiary/aromatic N) is 1. The maximum atomic E-state index is 4.57. The SMILES string of the molecule is CCc1ccc(C(NC)c2cnc3ccccc3c2)cc1. The van der Waals surface area contributed by atoms with Gasteiger partial charge in [-0.25, -0.2) is 0 Å². The molecule has 0 aliphatic carbocycles. The highest BCUT2D eigenvalue weighted by atomic mass is 14.9. The van der Waals surface area contributed by atoms with Gasteiger partial charge >= 0.3 is 0 Å². The van der Waals surface area contributed by atoms with Gasteiger partial charge in [-0.3, -0.25) is 4.98 Å². The molecule has 0 fully saturated rings. The Morgan fingerprint density at radius 3 is 2.48 bits per heavy atom. The van der Waals surface area contributed by atoms with E-state index < -0.39 is 0 Å². The highest BCUT2D eigenvalue weighted by Crippen LogP contribution is 2.24. The number of fused-ring (bicyclic) bond motifs is 1. The molecule has 0 radical (unpaired) electrons. The first-order chi connectivity index (χ1) is 10.3. The lowest BCUT2D eigenvalue weighted by Crippen LogP contribution is -2.17. The van der Waals surface area contributed by atoms with Crippen molar-refractivity contribution in [2.75, 3.05) is 7.05 Å². The number of hydrogen-bond donors (Lipinski definition) is 1. The van der Waals surface area contributed by atoms with Crippen LogP contribution in [0.3, 0.4) is 0 Å². The average molecular weight is 276 g/mol. The molecule has 0 spiro atoms. The fraction of sp³-hybridized carbons (Fsp3) is 0.211. The summed E-state index contributed by atoms with van der Waals surface area (Å²) < 4.78 is 0. The molecule has 1 N–H and O–H groups in total. The molecule has 1 aromatic heterocycles. The summed E-state index contributed by atoms with van der Waals surface area (Å²) in [4.78, 5) is 4.57. The second kappa shape index (κ2) is 6.06. The van der Waals surface area contributed by atoms with Crippen molar-refractivity contribution in [3.05, 3.63) is 77.5 Å². The lowest BCUT2D eigenvalue weighted by molar-refractivity contribution is 0.690. The number of nitrogens with one attached hydrogen (secondary N) is 1. The Morgan fingerprint density at radius 1 is 1.00 bits per heavy atom. The molecule has 0 saturated heterocycles. The Labute approximate surface area is 125 Å². The van der Waals surface area contributed by atoms with E-state index in [9.17, 15) is 0 Å². The van der Waals surface area contributed by atoms with E-state index in [1.807, 2.05) is 25.4 Å². The molecule has 2 aromatic carbocycles. The molecule has 1 unspecified atom stereocenters. The second-order valence-electron chi connectivity index (χ2n) is 5.28. The molecule has 0 amide bonds. The van der Waals surface area contributed by atoms with Crippen molar-refractivity contribution in [3.8, 4) is 0 Å². The fourth-order valence-electron chi connectivity index (χ4n) is 2.72. The van der Waals surface area contributed by atoms with Crippen molar-refractivity contribution in [2.45, 2.75) is 19.4 Å². The summed E-state index contributed by atoms with van der Waals surface area (Å²) in [5.41, 5.74) is 4.87. The zero-order valence-electron chi connectivity index (χ0n) is 12.5. The van der Waals surface area contributed by atoms with E-state index in [1.54, 1.807) is 0 Å². The fourth-order valence-corrected chi connectivity index (χ4v) is 2.72. The molecule has 0 aliphatic rings. The van der Waals surface area contributed by atoms with Crippen molar-refractivity contribution in [1.29, 1.82) is 0 Å². The van der Waals surface area contributed by atoms with Gasteiger partial charge in [-0.05, 0) is 42.3 Å². The zero-order chi connectivity index (χ0) is 14.7. The zero-order valence-corrected chi connectivity index (χ0v) is 12.5. The monoisotopic (exact) mass is 276 g/mol. The van der Waals surface area contributed by atoms with Crippen LogP contribution in [0.2, 0.25) is 0 Å². The van der Waals surface area contributed by atoms with E-state index in [2.05, 4.69) is 59.7 Å². The topological polar surface area (TPSA) is 24.9 Å². The average Bonchev–Trinajstić information content (AvgIpc) is 2.56. The number of pyridine rings is 1. The summed E-state index contributed by atoms with van der Waals surface area (Å²) in [6, 6.07) is 19.4. The van der Waals surface area contributed by atoms with Crippen molar-refractivity contribution in [1.82, 2.24) is 10.3 Å². The Hall–Kier alpha value is -2.19. The van der Waals surface area contributed by atoms with Gasteiger partial charge in [-0.15, -0.1) is 0 Å². The largest absolute Gasteiger partial charge is 0.309 e. The Morgan fingerprint density at radius 2 is 1.76 bits per heavy atom. The summed E-state index contributed by atoms with van der Waals surface area (Å²) in [6.07, 6.45) is 3.04. The van der Waals surface area contributed by atoms with Gasteiger partial charge in [-0.1, -0.05) is 49.4 Å². The number of rotatable bonds is 4. The van der Waals surface area contributed by atoms with Crippen molar-refractivity contribution in [2.24, 2.45) is 0 Å². The van der Waals surface area contributed by atoms with Gasteiger partial charge in [0.25, 0.3) is 0 Å². The summed E-state index contributed by atoms with van der Waals surface area (Å²) in [5.74, 6) is 0. The summed E-state index contributed by atoms with van der Waals surface area (Å²) in [5, 5.41) is 4.58. The minimum atomic E-state index is 0.174. The minimum Gasteiger partial charge on any atom is -0.309 e. The van der Waals surface area contributed by atoms with Crippen LogP contribution < -0.4 is 5.32 Å². The van der Waals surface area contributed by atoms with Crippen LogP contribution in [0.1, 0.15) is 29.7 Å². The van der Waals surface area contributed by atoms with Gasteiger partial charge in [0, 0.05) is 11.6 Å². The van der Waals surface area contributed by atoms with Gasteiger partial charge in [0.05, 0.1) is 11.6 Å². The molecule has 2 nitrogen and oxygen atoms in total. The first kappa shape index (κ1) is 13.8. The van der Waals surface area contributed by atoms with E-state index in [0.29, 0.717) is 0 Å². The molecule has 0 bridgehead atoms. The van der Waals surface area contributed by atoms with Gasteiger partial charge in [0.15, 0.2) is 0 Å². The van der Waals surface area contributed by atoms with Crippen molar-refractivity contribution in [3.63, 3.8) is 0 Å². The summed E-state index contributed by atoms with van der Waals surface area (Å²) in [6.45, 7) is 2.18. The van der Waals surface area contributed by atoms with E-state index in [-0.39, 0.29) is 6.04 Å². The van der Waals surface area contributed by atoms with E-state index in [1.165, 1.54) is 22.1 Å². The highest BCUT2D eigenvalue weighted by molar-refractivity contribution is 5.78. The molecule has 21 heavy (non-hydrogen) atoms. The van der Waals surface area contributed by atoms with Crippen molar-refractivity contribution >= 4 is 10.9 Å². The van der Waals surface area contributed by atoms with E-state index in [4.69, 9.17) is 0 Å². The van der Waals surface area contributed by atoms with Crippen LogP contribution in [0.4, 0.5) is 0 Å². The lowest BCUT2D eigenvalue weighted by atomic mass is 9.97. The third-order valence-electron chi connectivity index (χ3n) is 3.95. The van der Waals surface area contributed by atoms with E-state index >= 15 is 0 Å². The first-order valence-corrected chi connectivity index (χ1v) is 7.42. The standard InChI is InChI=1S/C19H20N2/c1-3-14-8-10-15(11-9-14)19(20-2)17-12-16-6-4-5-7-18(16)21-13-17/h4-13,19-20H,3H2,1-2H3. The van der Waals surface area contributed by atoms with Crippen molar-refractivity contribution < 1.29 is 0 Å². The molecule has 106 valence electrons. The molecule has 3 rings (SSSR count). The smallest absolute Gasteiger partial charge is 0.0702 e. The van der Waals surface area contributed by atoms with Crippen LogP contribution in [0.15, 0.2) is 60.8 Å². The molecule has 2 heteroatoms. The normalized spacial score (nSPS) is 12.5. The predicted octanol–water partition coefficient (Wildman–Crippen LogP) is 4.11. The summed E-state index contributed by atoms with van der Waals surface area (Å²) >= 11 is 0. The van der Waals surface area contributed by atoms with Gasteiger partial charge in [0.1, 0.15) is 0 Å². The molecular weight excluding hydrogens is 256 g/mol. The molecular formula is C19H20N2. The van der Waals surface area contributed by atoms with Gasteiger partial charge in [0.2, 0.25) is 0 Å². The number of hydrogen-bond acceptors (Lipinski definition) is 2. The van der Waals surface area contributed by atoms with E-state index in [0.717, 1.165) is 11.9 Å². The van der Waals surface area contributed by atoms with Crippen LogP contribution in [0, 0.1) is 0 Å². The summed E-state index contributed by atoms with van der Waals surface area (Å²) in [7, 11) is 1.99. The third kappa shape index (κ3) is 2.81. The molecule has 3 aromatic rings. The number of benzene rings is 2. The Bertz CT molecular complexity index is 732. The number of aromatic nitrogens is 1. The quantitative estimate of drug-likeness (QED) is 0.776. The predicted molar refractivity (Wildman–Crippen MR) is 88.5 cm³/mol. The third-order valence-corrected chi connectivity index (χ3v) is 3.95. The van der Waals surface area contributed by atoms with Crippen LogP contribution in [0.5, 0.6) is 0 Å². The number of para-hydroxylation sites is 1. The molecule has 0 aliphatic heterocycles. The van der Waals surface area contributed by atoms with Crippen LogP contribution >= 0.6 is 0 Å².